The Bertz CT molecular complexity index is 855. The maximum atomic E-state index is 12.4. The first-order valence-electron chi connectivity index (χ1n) is 8.66. The van der Waals surface area contributed by atoms with Crippen molar-refractivity contribution in [3.8, 4) is 5.69 Å². The van der Waals surface area contributed by atoms with E-state index in [1.807, 2.05) is 53.4 Å². The molecule has 2 aromatic heterocycles. The van der Waals surface area contributed by atoms with E-state index < -0.39 is 0 Å². The van der Waals surface area contributed by atoms with Crippen molar-refractivity contribution >= 4 is 5.91 Å². The smallest absolute Gasteiger partial charge is 0.251 e. The van der Waals surface area contributed by atoms with Gasteiger partial charge in [-0.05, 0) is 75.7 Å². The summed E-state index contributed by atoms with van der Waals surface area (Å²) in [6, 6.07) is 14.2. The van der Waals surface area contributed by atoms with Crippen LogP contribution in [-0.4, -0.2) is 15.0 Å². The van der Waals surface area contributed by atoms with Gasteiger partial charge < -0.3 is 14.5 Å². The van der Waals surface area contributed by atoms with E-state index >= 15 is 0 Å². The summed E-state index contributed by atoms with van der Waals surface area (Å²) in [7, 11) is 0. The van der Waals surface area contributed by atoms with Crippen LogP contribution in [0.3, 0.4) is 0 Å². The number of nitrogens with zero attached hydrogens (tertiary/aromatic N) is 2. The first-order valence-corrected chi connectivity index (χ1v) is 8.66. The van der Waals surface area contributed by atoms with Gasteiger partial charge in [0.2, 0.25) is 0 Å². The van der Waals surface area contributed by atoms with Crippen LogP contribution in [0.4, 0.5) is 0 Å². The molecule has 0 unspecified atom stereocenters. The number of nitrogens with one attached hydrogen (secondary N) is 1. The third-order valence-electron chi connectivity index (χ3n) is 4.58. The third kappa shape index (κ3) is 3.53. The molecule has 3 rings (SSSR count). The molecular formula is C21H25N3O. The Hall–Kier alpha value is -2.75. The van der Waals surface area contributed by atoms with Crippen molar-refractivity contribution < 1.29 is 4.79 Å². The highest BCUT2D eigenvalue weighted by atomic mass is 16.1. The summed E-state index contributed by atoms with van der Waals surface area (Å²) in [5.41, 5.74) is 5.34. The van der Waals surface area contributed by atoms with Gasteiger partial charge >= 0.3 is 0 Å². The van der Waals surface area contributed by atoms with Gasteiger partial charge in [0.15, 0.2) is 0 Å². The fourth-order valence-electron chi connectivity index (χ4n) is 3.39. The topological polar surface area (TPSA) is 39.0 Å². The lowest BCUT2D eigenvalue weighted by Gasteiger charge is -2.14. The average Bonchev–Trinajstić information content (AvgIpc) is 3.21. The lowest BCUT2D eigenvalue weighted by molar-refractivity contribution is 0.0951. The van der Waals surface area contributed by atoms with Crippen molar-refractivity contribution in [3.05, 3.63) is 77.4 Å². The molecule has 4 heteroatoms. The Morgan fingerprint density at radius 3 is 2.28 bits per heavy atom. The highest BCUT2D eigenvalue weighted by Gasteiger charge is 2.12. The zero-order valence-electron chi connectivity index (χ0n) is 15.3. The van der Waals surface area contributed by atoms with Crippen molar-refractivity contribution in [1.29, 1.82) is 0 Å². The predicted molar refractivity (Wildman–Crippen MR) is 101 cm³/mol. The Morgan fingerprint density at radius 2 is 1.72 bits per heavy atom. The van der Waals surface area contributed by atoms with Crippen molar-refractivity contribution in [2.45, 2.75) is 40.3 Å². The number of hydrogen-bond donors (Lipinski definition) is 1. The second-order valence-electron chi connectivity index (χ2n) is 6.68. The number of aromatic nitrogens is 2. The molecule has 0 aliphatic heterocycles. The molecular weight excluding hydrogens is 310 g/mol. The molecule has 0 aliphatic carbocycles. The van der Waals surface area contributed by atoms with Crippen LogP contribution < -0.4 is 5.32 Å². The molecule has 0 fully saturated rings. The van der Waals surface area contributed by atoms with Gasteiger partial charge in [-0.15, -0.1) is 0 Å². The maximum Gasteiger partial charge on any atom is 0.251 e. The standard InChI is InChI=1S/C21H25N3O/c1-15(2)24-16(3)13-19(17(24)4)14-22-21(25)18-7-9-20(10-8-18)23-11-5-6-12-23/h5-13,15H,14H2,1-4H3,(H,22,25). The fourth-order valence-corrected chi connectivity index (χ4v) is 3.39. The van der Waals surface area contributed by atoms with Crippen LogP contribution in [-0.2, 0) is 6.54 Å². The number of carbonyl (C=O) groups is 1. The van der Waals surface area contributed by atoms with E-state index in [0.717, 1.165) is 5.69 Å². The molecule has 1 aromatic carbocycles. The SMILES string of the molecule is Cc1cc(CNC(=O)c2ccc(-n3cccc3)cc2)c(C)n1C(C)C. The minimum Gasteiger partial charge on any atom is -0.348 e. The van der Waals surface area contributed by atoms with Gasteiger partial charge in [-0.3, -0.25) is 4.79 Å². The van der Waals surface area contributed by atoms with Gasteiger partial charge in [0, 0.05) is 47.6 Å². The Kier molecular flexibility index (Phi) is 4.79. The van der Waals surface area contributed by atoms with E-state index in [1.165, 1.54) is 17.0 Å². The van der Waals surface area contributed by atoms with E-state index in [-0.39, 0.29) is 5.91 Å². The summed E-state index contributed by atoms with van der Waals surface area (Å²) in [6.45, 7) is 9.12. The van der Waals surface area contributed by atoms with Crippen LogP contribution in [0.5, 0.6) is 0 Å². The second-order valence-corrected chi connectivity index (χ2v) is 6.68. The summed E-state index contributed by atoms with van der Waals surface area (Å²) >= 11 is 0. The molecule has 0 saturated carbocycles. The van der Waals surface area contributed by atoms with Crippen molar-refractivity contribution in [3.63, 3.8) is 0 Å². The van der Waals surface area contributed by atoms with Crippen LogP contribution in [0, 0.1) is 13.8 Å². The first-order chi connectivity index (χ1) is 12.0. The van der Waals surface area contributed by atoms with E-state index in [4.69, 9.17) is 0 Å². The molecule has 0 bridgehead atoms. The van der Waals surface area contributed by atoms with Crippen molar-refractivity contribution in [1.82, 2.24) is 14.5 Å². The minimum absolute atomic E-state index is 0.0478. The van der Waals surface area contributed by atoms with Gasteiger partial charge in [0.25, 0.3) is 5.91 Å². The van der Waals surface area contributed by atoms with Gasteiger partial charge in [0.1, 0.15) is 0 Å². The van der Waals surface area contributed by atoms with Crippen LogP contribution in [0.25, 0.3) is 5.69 Å². The zero-order chi connectivity index (χ0) is 18.0. The molecule has 0 radical (unpaired) electrons. The van der Waals surface area contributed by atoms with Crippen LogP contribution in [0.1, 0.15) is 47.2 Å². The third-order valence-corrected chi connectivity index (χ3v) is 4.58. The van der Waals surface area contributed by atoms with E-state index in [1.54, 1.807) is 0 Å². The lowest BCUT2D eigenvalue weighted by Crippen LogP contribution is -2.23. The number of carbonyl (C=O) groups excluding carboxylic acids is 1. The molecule has 130 valence electrons. The molecule has 1 amide bonds. The lowest BCUT2D eigenvalue weighted by atomic mass is 10.2. The number of aryl methyl sites for hydroxylation is 1. The second kappa shape index (κ2) is 7.01. The monoisotopic (exact) mass is 335 g/mol. The fraction of sp³-hybridized carbons (Fsp3) is 0.286. The summed E-state index contributed by atoms with van der Waals surface area (Å²) in [5.74, 6) is -0.0478. The zero-order valence-corrected chi connectivity index (χ0v) is 15.3. The number of hydrogen-bond acceptors (Lipinski definition) is 1. The van der Waals surface area contributed by atoms with Gasteiger partial charge in [-0.1, -0.05) is 0 Å². The Labute approximate surface area is 149 Å². The summed E-state index contributed by atoms with van der Waals surface area (Å²) in [6.07, 6.45) is 3.97. The van der Waals surface area contributed by atoms with Crippen LogP contribution in [0.2, 0.25) is 0 Å². The Morgan fingerprint density at radius 1 is 1.08 bits per heavy atom. The largest absolute Gasteiger partial charge is 0.348 e. The van der Waals surface area contributed by atoms with Crippen molar-refractivity contribution in [2.75, 3.05) is 0 Å². The normalized spacial score (nSPS) is 11.1. The summed E-state index contributed by atoms with van der Waals surface area (Å²) in [4.78, 5) is 12.4. The van der Waals surface area contributed by atoms with Crippen LogP contribution >= 0.6 is 0 Å². The predicted octanol–water partition coefficient (Wildman–Crippen LogP) is 4.41. The molecule has 0 atom stereocenters. The average molecular weight is 335 g/mol. The van der Waals surface area contributed by atoms with E-state index in [0.29, 0.717) is 18.2 Å². The number of rotatable bonds is 5. The quantitative estimate of drug-likeness (QED) is 0.737. The molecule has 0 spiro atoms. The maximum absolute atomic E-state index is 12.4. The van der Waals surface area contributed by atoms with Gasteiger partial charge in [0.05, 0.1) is 0 Å². The molecule has 0 saturated heterocycles. The van der Waals surface area contributed by atoms with Gasteiger partial charge in [-0.2, -0.15) is 0 Å². The molecule has 0 aliphatic rings. The Balaban J connectivity index is 1.68. The highest BCUT2D eigenvalue weighted by Crippen LogP contribution is 2.20. The molecule has 2 heterocycles. The summed E-state index contributed by atoms with van der Waals surface area (Å²) < 4.78 is 4.32. The van der Waals surface area contributed by atoms with E-state index in [9.17, 15) is 4.79 Å². The van der Waals surface area contributed by atoms with Crippen LogP contribution in [0.15, 0.2) is 54.9 Å². The first kappa shape index (κ1) is 17.1. The van der Waals surface area contributed by atoms with Gasteiger partial charge in [-0.25, -0.2) is 0 Å². The summed E-state index contributed by atoms with van der Waals surface area (Å²) in [5, 5.41) is 3.03. The molecule has 4 nitrogen and oxygen atoms in total. The number of benzene rings is 1. The molecule has 1 N–H and O–H groups in total. The number of amides is 1. The van der Waals surface area contributed by atoms with Crippen molar-refractivity contribution in [2.24, 2.45) is 0 Å². The molecule has 25 heavy (non-hydrogen) atoms. The molecule has 3 aromatic rings. The highest BCUT2D eigenvalue weighted by molar-refractivity contribution is 5.94. The minimum atomic E-state index is -0.0478. The van der Waals surface area contributed by atoms with E-state index in [2.05, 4.69) is 43.6 Å².